The number of nitrogens with one attached hydrogen (secondary N) is 2. The molecule has 1 heterocycles. The minimum Gasteiger partial charge on any atom is -0.480 e. The second kappa shape index (κ2) is 10.1. The number of benzene rings is 1. The molecule has 0 saturated carbocycles. The lowest BCUT2D eigenvalue weighted by Gasteiger charge is -2.13. The van der Waals surface area contributed by atoms with Gasteiger partial charge >= 0.3 is 12.1 Å². The Balaban J connectivity index is 1.84. The molecule has 148 valence electrons. The fourth-order valence-corrected chi connectivity index (χ4v) is 2.47. The summed E-state index contributed by atoms with van der Waals surface area (Å²) in [4.78, 5) is 34.9. The highest BCUT2D eigenvalue weighted by atomic mass is 16.6. The summed E-state index contributed by atoms with van der Waals surface area (Å²) in [6.07, 6.45) is 3.23. The van der Waals surface area contributed by atoms with Gasteiger partial charge in [0.1, 0.15) is 11.6 Å². The molecule has 0 spiro atoms. The molecule has 2 atom stereocenters. The largest absolute Gasteiger partial charge is 0.480 e. The number of aromatic nitrogens is 1. The maximum Gasteiger partial charge on any atom is 0.412 e. The molecular weight excluding hydrogens is 362 g/mol. The number of carboxylic acids is 1. The van der Waals surface area contributed by atoms with Gasteiger partial charge < -0.3 is 20.5 Å². The lowest BCUT2D eigenvalue weighted by Crippen LogP contribution is -2.42. The van der Waals surface area contributed by atoms with Gasteiger partial charge in [-0.05, 0) is 31.9 Å². The van der Waals surface area contributed by atoms with E-state index in [2.05, 4.69) is 10.6 Å². The number of carbonyl (C=O) groups excluding carboxylic acids is 2. The molecule has 8 nitrogen and oxygen atoms in total. The van der Waals surface area contributed by atoms with Gasteiger partial charge in [-0.2, -0.15) is 4.57 Å². The number of carboxylic acid groups (broad SMARTS) is 1. The van der Waals surface area contributed by atoms with Crippen LogP contribution in [-0.4, -0.2) is 35.2 Å². The Morgan fingerprint density at radius 3 is 2.46 bits per heavy atom. The van der Waals surface area contributed by atoms with Crippen LogP contribution in [0.2, 0.25) is 0 Å². The number of pyridine rings is 1. The zero-order valence-corrected chi connectivity index (χ0v) is 15.8. The smallest absolute Gasteiger partial charge is 0.412 e. The molecule has 3 N–H and O–H groups in total. The molecule has 1 aromatic carbocycles. The first-order chi connectivity index (χ1) is 13.3. The predicted octanol–water partition coefficient (Wildman–Crippen LogP) is 1.49. The van der Waals surface area contributed by atoms with Gasteiger partial charge in [-0.15, -0.1) is 0 Å². The second-order valence-electron chi connectivity index (χ2n) is 6.44. The van der Waals surface area contributed by atoms with E-state index >= 15 is 0 Å². The van der Waals surface area contributed by atoms with E-state index in [4.69, 9.17) is 9.84 Å². The van der Waals surface area contributed by atoms with E-state index in [1.165, 1.54) is 17.7 Å². The number of amides is 2. The normalized spacial score (nSPS) is 12.5. The van der Waals surface area contributed by atoms with Crippen LogP contribution >= 0.6 is 0 Å². The predicted molar refractivity (Wildman–Crippen MR) is 100 cm³/mol. The highest BCUT2D eigenvalue weighted by Gasteiger charge is 2.18. The van der Waals surface area contributed by atoms with E-state index in [0.717, 1.165) is 5.56 Å². The van der Waals surface area contributed by atoms with Gasteiger partial charge in [0.25, 0.3) is 12.6 Å². The van der Waals surface area contributed by atoms with E-state index in [0.29, 0.717) is 6.42 Å². The van der Waals surface area contributed by atoms with E-state index in [-0.39, 0.29) is 18.3 Å². The first-order valence-corrected chi connectivity index (χ1v) is 8.85. The third-order valence-electron chi connectivity index (χ3n) is 3.93. The fourth-order valence-electron chi connectivity index (χ4n) is 2.47. The number of ether oxygens (including phenoxy) is 1. The molecule has 8 heteroatoms. The standard InChI is InChI=1S/C20H23N3O5/c1-14(11-16-7-4-3-5-8-16)21-20(27)28-13-23-10-6-9-17(12-23)18(24)22-15(2)19(25)26/h3-10,12,14-15H,11,13H2,1-2H3,(H2-,21,22,24,25,26,27)/p+1/t14-,15-/m0/s1. The number of aliphatic carboxylic acids is 1. The van der Waals surface area contributed by atoms with Crippen LogP contribution in [0.1, 0.15) is 29.8 Å². The monoisotopic (exact) mass is 386 g/mol. The summed E-state index contributed by atoms with van der Waals surface area (Å²) < 4.78 is 6.69. The Bertz CT molecular complexity index is 826. The number of nitrogens with zero attached hydrogens (tertiary/aromatic N) is 1. The zero-order chi connectivity index (χ0) is 20.5. The first-order valence-electron chi connectivity index (χ1n) is 8.85. The van der Waals surface area contributed by atoms with Crippen molar-refractivity contribution in [3.63, 3.8) is 0 Å². The zero-order valence-electron chi connectivity index (χ0n) is 15.8. The summed E-state index contributed by atoms with van der Waals surface area (Å²) in [5, 5.41) is 14.0. The van der Waals surface area contributed by atoms with Crippen molar-refractivity contribution in [2.24, 2.45) is 0 Å². The van der Waals surface area contributed by atoms with Gasteiger partial charge in [-0.1, -0.05) is 30.3 Å². The number of hydrogen-bond donors (Lipinski definition) is 3. The van der Waals surface area contributed by atoms with Crippen molar-refractivity contribution < 1.29 is 28.8 Å². The minimum absolute atomic E-state index is 0.0838. The van der Waals surface area contributed by atoms with E-state index in [9.17, 15) is 14.4 Å². The molecule has 0 bridgehead atoms. The van der Waals surface area contributed by atoms with Crippen molar-refractivity contribution >= 4 is 18.0 Å². The van der Waals surface area contributed by atoms with E-state index in [1.807, 2.05) is 37.3 Å². The molecule has 28 heavy (non-hydrogen) atoms. The lowest BCUT2D eigenvalue weighted by molar-refractivity contribution is -0.727. The summed E-state index contributed by atoms with van der Waals surface area (Å²) in [5.41, 5.74) is 1.37. The summed E-state index contributed by atoms with van der Waals surface area (Å²) in [6.45, 7) is 3.18. The fraction of sp³-hybridized carbons (Fsp3) is 0.300. The molecule has 0 fully saturated rings. The van der Waals surface area contributed by atoms with Crippen LogP contribution < -0.4 is 15.2 Å². The van der Waals surface area contributed by atoms with Gasteiger partial charge in [0.05, 0.1) is 0 Å². The Morgan fingerprint density at radius 1 is 1.07 bits per heavy atom. The molecular formula is C20H24N3O5+. The Hall–Kier alpha value is -3.42. The van der Waals surface area contributed by atoms with Gasteiger partial charge in [-0.3, -0.25) is 9.59 Å². The quantitative estimate of drug-likeness (QED) is 0.596. The maximum absolute atomic E-state index is 12.1. The highest BCUT2D eigenvalue weighted by Crippen LogP contribution is 2.03. The van der Waals surface area contributed by atoms with Crippen molar-refractivity contribution in [1.29, 1.82) is 0 Å². The first kappa shape index (κ1) is 20.9. The summed E-state index contributed by atoms with van der Waals surface area (Å²) in [7, 11) is 0. The molecule has 0 unspecified atom stereocenters. The third-order valence-corrected chi connectivity index (χ3v) is 3.93. The second-order valence-corrected chi connectivity index (χ2v) is 6.44. The van der Waals surface area contributed by atoms with Crippen molar-refractivity contribution in [2.75, 3.05) is 0 Å². The van der Waals surface area contributed by atoms with Crippen molar-refractivity contribution in [1.82, 2.24) is 10.6 Å². The molecule has 1 aromatic heterocycles. The van der Waals surface area contributed by atoms with Gasteiger partial charge in [0.15, 0.2) is 12.4 Å². The SMILES string of the molecule is C[C@H](NC(=O)c1ccc[n+](COC(=O)N[C@@H](C)Cc2ccccc2)c1)C(=O)O. The van der Waals surface area contributed by atoms with Crippen LogP contribution in [0.15, 0.2) is 54.9 Å². The molecule has 0 aliphatic carbocycles. The molecule has 0 aliphatic heterocycles. The van der Waals surface area contributed by atoms with Gasteiger partial charge in [0.2, 0.25) is 0 Å². The van der Waals surface area contributed by atoms with Crippen LogP contribution in [-0.2, 0) is 22.7 Å². The lowest BCUT2D eigenvalue weighted by atomic mass is 10.1. The van der Waals surface area contributed by atoms with Gasteiger partial charge in [0, 0.05) is 12.1 Å². The van der Waals surface area contributed by atoms with Crippen molar-refractivity contribution in [3.05, 3.63) is 66.0 Å². The maximum atomic E-state index is 12.1. The molecule has 2 aromatic rings. The van der Waals surface area contributed by atoms with Crippen LogP contribution in [0.4, 0.5) is 4.79 Å². The Labute approximate surface area is 163 Å². The Kier molecular flexibility index (Phi) is 7.50. The Morgan fingerprint density at radius 2 is 1.79 bits per heavy atom. The average Bonchev–Trinajstić information content (AvgIpc) is 2.67. The van der Waals surface area contributed by atoms with Crippen LogP contribution in [0.3, 0.4) is 0 Å². The van der Waals surface area contributed by atoms with E-state index in [1.54, 1.807) is 18.3 Å². The topological polar surface area (TPSA) is 109 Å². The van der Waals surface area contributed by atoms with Crippen LogP contribution in [0, 0.1) is 0 Å². The number of hydrogen-bond acceptors (Lipinski definition) is 4. The van der Waals surface area contributed by atoms with Crippen LogP contribution in [0.25, 0.3) is 0 Å². The minimum atomic E-state index is -1.12. The highest BCUT2D eigenvalue weighted by molar-refractivity contribution is 5.95. The summed E-state index contributed by atoms with van der Waals surface area (Å²) >= 11 is 0. The summed E-state index contributed by atoms with van der Waals surface area (Å²) in [6, 6.07) is 11.8. The third kappa shape index (κ3) is 6.71. The van der Waals surface area contributed by atoms with Crippen molar-refractivity contribution in [3.8, 4) is 0 Å². The molecule has 2 rings (SSSR count). The average molecular weight is 386 g/mol. The number of carbonyl (C=O) groups is 3. The number of alkyl carbamates (subject to hydrolysis) is 1. The van der Waals surface area contributed by atoms with E-state index < -0.39 is 24.0 Å². The molecule has 0 radical (unpaired) electrons. The molecule has 0 saturated heterocycles. The van der Waals surface area contributed by atoms with Crippen molar-refractivity contribution in [2.45, 2.75) is 39.1 Å². The molecule has 2 amide bonds. The molecule has 0 aliphatic rings. The van der Waals surface area contributed by atoms with Gasteiger partial charge in [-0.25, -0.2) is 4.79 Å². The number of rotatable bonds is 8. The van der Waals surface area contributed by atoms with Crippen LogP contribution in [0.5, 0.6) is 0 Å². The summed E-state index contributed by atoms with van der Waals surface area (Å²) in [5.74, 6) is -1.65.